The number of hydrogen-bond donors (Lipinski definition) is 3. The van der Waals surface area contributed by atoms with E-state index in [0.717, 1.165) is 24.3 Å². The molecule has 0 heterocycles. The Kier molecular flexibility index (Phi) is 8.26. The molecule has 0 radical (unpaired) electrons. The number of carbonyl (C=O) groups excluding carboxylic acids is 1. The number of hydrogen-bond acceptors (Lipinski definition) is 3. The summed E-state index contributed by atoms with van der Waals surface area (Å²) in [6.07, 6.45) is -8.90. The molecule has 0 unspecified atom stereocenters. The van der Waals surface area contributed by atoms with Crippen LogP contribution in [0.15, 0.2) is 72.8 Å². The summed E-state index contributed by atoms with van der Waals surface area (Å²) in [5.41, 5.74) is -1.11. The Hall–Kier alpha value is -4.22. The lowest BCUT2D eigenvalue weighted by Gasteiger charge is -2.39. The van der Waals surface area contributed by atoms with Crippen LogP contribution in [-0.4, -0.2) is 35.7 Å². The van der Waals surface area contributed by atoms with Crippen LogP contribution in [0.5, 0.6) is 5.75 Å². The van der Waals surface area contributed by atoms with Gasteiger partial charge in [0, 0.05) is 18.5 Å². The fourth-order valence-electron chi connectivity index (χ4n) is 4.62. The maximum absolute atomic E-state index is 14.8. The summed E-state index contributed by atoms with van der Waals surface area (Å²) in [5.74, 6) is -4.31. The highest BCUT2D eigenvalue weighted by Crippen LogP contribution is 2.38. The van der Waals surface area contributed by atoms with Crippen molar-refractivity contribution in [3.05, 3.63) is 101 Å². The van der Waals surface area contributed by atoms with Gasteiger partial charge < -0.3 is 20.5 Å². The van der Waals surface area contributed by atoms with Gasteiger partial charge in [-0.25, -0.2) is 13.6 Å². The Morgan fingerprint density at radius 3 is 2.17 bits per heavy atom. The van der Waals surface area contributed by atoms with Gasteiger partial charge in [-0.15, -0.1) is 0 Å². The van der Waals surface area contributed by atoms with E-state index >= 15 is 0 Å². The maximum atomic E-state index is 14.8. The van der Waals surface area contributed by atoms with Gasteiger partial charge in [0.05, 0.1) is 11.5 Å². The Morgan fingerprint density at radius 2 is 1.57 bits per heavy atom. The molecule has 1 saturated carbocycles. The maximum Gasteiger partial charge on any atom is 0.461 e. The topological polar surface area (TPSA) is 87.7 Å². The average molecular weight is 566 g/mol. The first-order valence-corrected chi connectivity index (χ1v) is 12.2. The average Bonchev–Trinajstić information content (AvgIpc) is 2.85. The molecule has 3 aromatic rings. The van der Waals surface area contributed by atoms with E-state index in [1.54, 1.807) is 30.3 Å². The second-order valence-corrected chi connectivity index (χ2v) is 9.52. The summed E-state index contributed by atoms with van der Waals surface area (Å²) in [6.45, 7) is 0. The molecule has 6 nitrogen and oxygen atoms in total. The van der Waals surface area contributed by atoms with Crippen LogP contribution in [0.4, 0.5) is 31.1 Å². The minimum absolute atomic E-state index is 0.108. The Bertz CT molecular complexity index is 1350. The third-order valence-corrected chi connectivity index (χ3v) is 6.67. The van der Waals surface area contributed by atoms with Crippen LogP contribution in [0.2, 0.25) is 0 Å². The SMILES string of the molecule is O=C(NC1CC(C(=O)O)C1)N[C@](Cc1ccccc1)(c1ccc(F)cc1)c1cc(F)cc(OC(F)(F)C(F)F)c1. The number of benzene rings is 3. The minimum Gasteiger partial charge on any atom is -0.481 e. The molecular formula is C28H24F6N2O4. The lowest BCUT2D eigenvalue weighted by atomic mass is 9.77. The summed E-state index contributed by atoms with van der Waals surface area (Å²) in [6, 6.07) is 14.3. The van der Waals surface area contributed by atoms with E-state index in [1.165, 1.54) is 12.1 Å². The van der Waals surface area contributed by atoms with Gasteiger partial charge in [-0.3, -0.25) is 4.79 Å². The molecule has 2 amide bonds. The number of carbonyl (C=O) groups is 2. The largest absolute Gasteiger partial charge is 0.481 e. The second-order valence-electron chi connectivity index (χ2n) is 9.52. The van der Waals surface area contributed by atoms with Crippen LogP contribution in [0.3, 0.4) is 0 Å². The van der Waals surface area contributed by atoms with Crippen molar-refractivity contribution in [3.8, 4) is 5.75 Å². The fraction of sp³-hybridized carbons (Fsp3) is 0.286. The van der Waals surface area contributed by atoms with Crippen molar-refractivity contribution >= 4 is 12.0 Å². The highest BCUT2D eigenvalue weighted by Gasteiger charge is 2.45. The van der Waals surface area contributed by atoms with Crippen LogP contribution in [0, 0.1) is 17.6 Å². The molecule has 0 aliphatic heterocycles. The second kappa shape index (κ2) is 11.5. The standard InChI is InChI=1S/C28H24F6N2O4/c29-20-8-6-18(7-9-20)27(15-16-4-2-1-3-5-16,36-26(39)35-22-10-17(11-22)24(37)38)19-12-21(30)14-23(13-19)40-28(33,34)25(31)32/h1-9,12-14,17,22,25H,10-11,15H2,(H,37,38)(H2,35,36,39)/t17?,22?,27-/m1/s1. The molecule has 4 rings (SSSR count). The normalized spacial score (nSPS) is 18.4. The number of aliphatic carboxylic acids is 1. The molecule has 1 aliphatic rings. The number of alkyl halides is 4. The predicted molar refractivity (Wildman–Crippen MR) is 131 cm³/mol. The van der Waals surface area contributed by atoms with Gasteiger partial charge in [0.25, 0.3) is 0 Å². The van der Waals surface area contributed by atoms with E-state index in [0.29, 0.717) is 11.6 Å². The van der Waals surface area contributed by atoms with Crippen molar-refractivity contribution in [3.63, 3.8) is 0 Å². The number of carboxylic acids is 1. The number of carboxylic acid groups (broad SMARTS) is 1. The molecule has 1 aliphatic carbocycles. The van der Waals surface area contributed by atoms with Crippen molar-refractivity contribution < 1.29 is 45.8 Å². The molecule has 1 fully saturated rings. The Labute approximate surface area is 225 Å². The van der Waals surface area contributed by atoms with Crippen LogP contribution < -0.4 is 15.4 Å². The van der Waals surface area contributed by atoms with E-state index in [4.69, 9.17) is 5.11 Å². The van der Waals surface area contributed by atoms with Gasteiger partial charge in [0.2, 0.25) is 0 Å². The van der Waals surface area contributed by atoms with Crippen LogP contribution in [0.25, 0.3) is 0 Å². The lowest BCUT2D eigenvalue weighted by Crippen LogP contribution is -2.56. The number of nitrogens with one attached hydrogen (secondary N) is 2. The minimum atomic E-state index is -4.93. The fourth-order valence-corrected chi connectivity index (χ4v) is 4.62. The van der Waals surface area contributed by atoms with Crippen molar-refractivity contribution in [2.24, 2.45) is 5.92 Å². The van der Waals surface area contributed by atoms with Crippen LogP contribution >= 0.6 is 0 Å². The number of rotatable bonds is 10. The highest BCUT2D eigenvalue weighted by molar-refractivity contribution is 5.78. The predicted octanol–water partition coefficient (Wildman–Crippen LogP) is 5.85. The van der Waals surface area contributed by atoms with E-state index in [-0.39, 0.29) is 30.4 Å². The zero-order valence-corrected chi connectivity index (χ0v) is 20.7. The van der Waals surface area contributed by atoms with E-state index in [2.05, 4.69) is 15.4 Å². The van der Waals surface area contributed by atoms with Gasteiger partial charge in [-0.1, -0.05) is 42.5 Å². The number of amides is 2. The van der Waals surface area contributed by atoms with Crippen LogP contribution in [-0.2, 0) is 16.8 Å². The van der Waals surface area contributed by atoms with Gasteiger partial charge in [-0.2, -0.15) is 17.6 Å². The summed E-state index contributed by atoms with van der Waals surface area (Å²) in [4.78, 5) is 24.4. The number of ether oxygens (including phenoxy) is 1. The van der Waals surface area contributed by atoms with E-state index in [9.17, 15) is 35.9 Å². The van der Waals surface area contributed by atoms with Gasteiger partial charge >= 0.3 is 24.5 Å². The van der Waals surface area contributed by atoms with Crippen molar-refractivity contribution in [2.75, 3.05) is 0 Å². The van der Waals surface area contributed by atoms with Gasteiger partial charge in [0.1, 0.15) is 17.4 Å². The highest BCUT2D eigenvalue weighted by atomic mass is 19.3. The molecule has 3 aromatic carbocycles. The molecule has 212 valence electrons. The smallest absolute Gasteiger partial charge is 0.461 e. The number of urea groups is 1. The van der Waals surface area contributed by atoms with Gasteiger partial charge in [-0.05, 0) is 53.8 Å². The molecule has 0 bridgehead atoms. The Balaban J connectivity index is 1.81. The monoisotopic (exact) mass is 566 g/mol. The molecule has 3 N–H and O–H groups in total. The number of halogens is 6. The molecule has 1 atom stereocenters. The lowest BCUT2D eigenvalue weighted by molar-refractivity contribution is -0.253. The van der Waals surface area contributed by atoms with Crippen molar-refractivity contribution in [1.29, 1.82) is 0 Å². The molecule has 0 saturated heterocycles. The quantitative estimate of drug-likeness (QED) is 0.269. The molecule has 12 heteroatoms. The first-order valence-electron chi connectivity index (χ1n) is 12.2. The Morgan fingerprint density at radius 1 is 0.925 bits per heavy atom. The third-order valence-electron chi connectivity index (χ3n) is 6.67. The van der Waals surface area contributed by atoms with Gasteiger partial charge in [0.15, 0.2) is 0 Å². The molecule has 40 heavy (non-hydrogen) atoms. The van der Waals surface area contributed by atoms with Crippen molar-refractivity contribution in [1.82, 2.24) is 10.6 Å². The molecule has 0 aromatic heterocycles. The summed E-state index contributed by atoms with van der Waals surface area (Å²) in [7, 11) is 0. The van der Waals surface area contributed by atoms with E-state index < -0.39 is 59.4 Å². The molecular weight excluding hydrogens is 542 g/mol. The summed E-state index contributed by atoms with van der Waals surface area (Å²) in [5, 5.41) is 14.5. The zero-order chi connectivity index (χ0) is 29.1. The first kappa shape index (κ1) is 28.8. The zero-order valence-electron chi connectivity index (χ0n) is 20.7. The third kappa shape index (κ3) is 6.49. The summed E-state index contributed by atoms with van der Waals surface area (Å²) >= 11 is 0. The molecule has 0 spiro atoms. The first-order chi connectivity index (χ1) is 18.9. The summed E-state index contributed by atoms with van der Waals surface area (Å²) < 4.78 is 86.0. The van der Waals surface area contributed by atoms with E-state index in [1.807, 2.05) is 0 Å². The van der Waals surface area contributed by atoms with Crippen LogP contribution in [0.1, 0.15) is 29.5 Å². The van der Waals surface area contributed by atoms with Crippen molar-refractivity contribution in [2.45, 2.75) is 43.4 Å².